The van der Waals surface area contributed by atoms with Crippen LogP contribution in [-0.4, -0.2) is 17.3 Å². The standard InChI is InChI=1S/C24H29NS/c1-4-5-20-21(18-10-6-16(2)7-11-18)14-23-24(15-22(20)25-23)26-19-12-8-17(3)9-13-19/h6-14,20,22-25H,4-5,15H2,1-3H3/t20-,22-,23-,24-/m0/s1. The van der Waals surface area contributed by atoms with E-state index in [1.807, 2.05) is 11.8 Å². The van der Waals surface area contributed by atoms with Crippen molar-refractivity contribution in [2.45, 2.75) is 62.3 Å². The molecule has 2 heterocycles. The third kappa shape index (κ3) is 3.63. The van der Waals surface area contributed by atoms with Gasteiger partial charge in [0, 0.05) is 22.2 Å². The van der Waals surface area contributed by atoms with Gasteiger partial charge in [-0.05, 0) is 55.9 Å². The molecule has 2 heteroatoms. The van der Waals surface area contributed by atoms with Crippen LogP contribution in [0.4, 0.5) is 0 Å². The number of hydrogen-bond acceptors (Lipinski definition) is 2. The summed E-state index contributed by atoms with van der Waals surface area (Å²) < 4.78 is 0. The van der Waals surface area contributed by atoms with Crippen molar-refractivity contribution >= 4 is 17.3 Å². The number of fused-ring (bicyclic) bond motifs is 2. The summed E-state index contributed by atoms with van der Waals surface area (Å²) in [6.45, 7) is 6.64. The van der Waals surface area contributed by atoms with Gasteiger partial charge in [0.25, 0.3) is 0 Å². The van der Waals surface area contributed by atoms with Crippen molar-refractivity contribution in [2.24, 2.45) is 5.92 Å². The normalized spacial score (nSPS) is 27.4. The molecule has 0 aliphatic carbocycles. The van der Waals surface area contributed by atoms with Crippen molar-refractivity contribution in [1.82, 2.24) is 5.32 Å². The fraction of sp³-hybridized carbons (Fsp3) is 0.417. The highest BCUT2D eigenvalue weighted by Crippen LogP contribution is 2.44. The van der Waals surface area contributed by atoms with Crippen molar-refractivity contribution in [3.8, 4) is 0 Å². The summed E-state index contributed by atoms with van der Waals surface area (Å²) in [5, 5.41) is 4.55. The maximum atomic E-state index is 3.92. The van der Waals surface area contributed by atoms with Crippen molar-refractivity contribution in [1.29, 1.82) is 0 Å². The van der Waals surface area contributed by atoms with Crippen molar-refractivity contribution in [3.63, 3.8) is 0 Å². The second-order valence-electron chi connectivity index (χ2n) is 7.89. The molecule has 0 saturated carbocycles. The van der Waals surface area contributed by atoms with E-state index in [0.29, 0.717) is 23.3 Å². The average molecular weight is 364 g/mol. The van der Waals surface area contributed by atoms with E-state index in [0.717, 1.165) is 0 Å². The molecule has 4 atom stereocenters. The van der Waals surface area contributed by atoms with E-state index in [9.17, 15) is 0 Å². The molecule has 2 aliphatic rings. The Morgan fingerprint density at radius 3 is 2.27 bits per heavy atom. The molecular formula is C24H29NS. The largest absolute Gasteiger partial charge is 0.306 e. The van der Waals surface area contributed by atoms with Crippen LogP contribution in [0.5, 0.6) is 0 Å². The lowest BCUT2D eigenvalue weighted by molar-refractivity contribution is 0.420. The highest BCUT2D eigenvalue weighted by atomic mass is 32.2. The number of thioether (sulfide) groups is 1. The Balaban J connectivity index is 1.60. The van der Waals surface area contributed by atoms with Gasteiger partial charge in [-0.25, -0.2) is 0 Å². The van der Waals surface area contributed by atoms with E-state index in [1.54, 1.807) is 5.57 Å². The van der Waals surface area contributed by atoms with Crippen LogP contribution in [0.1, 0.15) is 42.9 Å². The van der Waals surface area contributed by atoms with Gasteiger partial charge in [0.2, 0.25) is 0 Å². The second-order valence-corrected chi connectivity index (χ2v) is 9.20. The van der Waals surface area contributed by atoms with Crippen molar-refractivity contribution in [2.75, 3.05) is 0 Å². The van der Waals surface area contributed by atoms with Crippen LogP contribution in [0.3, 0.4) is 0 Å². The van der Waals surface area contributed by atoms with E-state index in [1.165, 1.54) is 40.8 Å². The third-order valence-corrected chi connectivity index (χ3v) is 7.16. The molecule has 0 radical (unpaired) electrons. The molecule has 2 aliphatic heterocycles. The summed E-state index contributed by atoms with van der Waals surface area (Å²) in [7, 11) is 0. The van der Waals surface area contributed by atoms with Crippen LogP contribution < -0.4 is 5.32 Å². The highest BCUT2D eigenvalue weighted by molar-refractivity contribution is 8.00. The molecule has 2 bridgehead atoms. The van der Waals surface area contributed by atoms with E-state index in [-0.39, 0.29) is 0 Å². The molecule has 0 amide bonds. The minimum absolute atomic E-state index is 0.482. The first-order valence-corrected chi connectivity index (χ1v) is 10.8. The van der Waals surface area contributed by atoms with Gasteiger partial charge in [-0.15, -0.1) is 11.8 Å². The number of rotatable bonds is 5. The van der Waals surface area contributed by atoms with Gasteiger partial charge >= 0.3 is 0 Å². The molecule has 2 aromatic rings. The van der Waals surface area contributed by atoms with Crippen LogP contribution in [-0.2, 0) is 0 Å². The van der Waals surface area contributed by atoms with E-state index in [4.69, 9.17) is 0 Å². The summed E-state index contributed by atoms with van der Waals surface area (Å²) >= 11 is 2.05. The lowest BCUT2D eigenvalue weighted by atomic mass is 9.82. The van der Waals surface area contributed by atoms with Gasteiger partial charge in [0.1, 0.15) is 0 Å². The molecule has 1 nitrogen and oxygen atoms in total. The SMILES string of the molecule is CCC[C@H]1C(c2ccc(C)cc2)=C[C@@H]2N[C@H]1C[C@@H]2Sc1ccc(C)cc1. The van der Waals surface area contributed by atoms with Crippen LogP contribution in [0, 0.1) is 19.8 Å². The van der Waals surface area contributed by atoms with Crippen LogP contribution >= 0.6 is 11.8 Å². The average Bonchev–Trinajstić information content (AvgIpc) is 2.97. The van der Waals surface area contributed by atoms with Crippen LogP contribution in [0.2, 0.25) is 0 Å². The van der Waals surface area contributed by atoms with Crippen molar-refractivity contribution in [3.05, 3.63) is 71.3 Å². The predicted molar refractivity (Wildman–Crippen MR) is 114 cm³/mol. The predicted octanol–water partition coefficient (Wildman–Crippen LogP) is 6.01. The number of nitrogens with one attached hydrogen (secondary N) is 1. The van der Waals surface area contributed by atoms with Gasteiger partial charge in [-0.3, -0.25) is 0 Å². The van der Waals surface area contributed by atoms with E-state index >= 15 is 0 Å². The summed E-state index contributed by atoms with van der Waals surface area (Å²) in [5.41, 5.74) is 5.67. The summed E-state index contributed by atoms with van der Waals surface area (Å²) in [5.74, 6) is 0.641. The molecular weight excluding hydrogens is 334 g/mol. The number of benzene rings is 2. The first-order valence-electron chi connectivity index (χ1n) is 9.92. The maximum absolute atomic E-state index is 3.92. The fourth-order valence-electron chi connectivity index (χ4n) is 4.43. The summed E-state index contributed by atoms with van der Waals surface area (Å²) in [6.07, 6.45) is 6.32. The van der Waals surface area contributed by atoms with Gasteiger partial charge in [0.15, 0.2) is 0 Å². The monoisotopic (exact) mass is 363 g/mol. The van der Waals surface area contributed by atoms with Crippen LogP contribution in [0.15, 0.2) is 59.5 Å². The Kier molecular flexibility index (Phi) is 5.24. The van der Waals surface area contributed by atoms with Gasteiger partial charge < -0.3 is 5.32 Å². The lowest BCUT2D eigenvalue weighted by Crippen LogP contribution is -2.40. The third-order valence-electron chi connectivity index (χ3n) is 5.83. The Bertz CT molecular complexity index is 775. The Morgan fingerprint density at radius 1 is 0.962 bits per heavy atom. The molecule has 1 fully saturated rings. The topological polar surface area (TPSA) is 12.0 Å². The minimum atomic E-state index is 0.482. The molecule has 0 aromatic heterocycles. The highest BCUT2D eigenvalue weighted by Gasteiger charge is 2.42. The van der Waals surface area contributed by atoms with Gasteiger partial charge in [-0.2, -0.15) is 0 Å². The maximum Gasteiger partial charge on any atom is 0.0382 e. The molecule has 136 valence electrons. The quantitative estimate of drug-likeness (QED) is 0.698. The van der Waals surface area contributed by atoms with Crippen LogP contribution in [0.25, 0.3) is 5.57 Å². The summed E-state index contributed by atoms with van der Waals surface area (Å²) in [6, 6.07) is 19.2. The lowest BCUT2D eigenvalue weighted by Gasteiger charge is -2.31. The minimum Gasteiger partial charge on any atom is -0.306 e. The molecule has 2 aromatic carbocycles. The molecule has 26 heavy (non-hydrogen) atoms. The zero-order valence-corrected chi connectivity index (χ0v) is 16.9. The van der Waals surface area contributed by atoms with E-state index < -0.39 is 0 Å². The zero-order valence-electron chi connectivity index (χ0n) is 16.0. The zero-order chi connectivity index (χ0) is 18.1. The Morgan fingerprint density at radius 2 is 1.62 bits per heavy atom. The Labute approximate surface area is 162 Å². The fourth-order valence-corrected chi connectivity index (χ4v) is 5.68. The molecule has 1 saturated heterocycles. The molecule has 0 unspecified atom stereocenters. The first-order chi connectivity index (χ1) is 12.6. The first kappa shape index (κ1) is 17.9. The molecule has 1 N–H and O–H groups in total. The smallest absolute Gasteiger partial charge is 0.0382 e. The summed E-state index contributed by atoms with van der Waals surface area (Å²) in [4.78, 5) is 1.40. The molecule has 4 rings (SSSR count). The number of hydrogen-bond donors (Lipinski definition) is 1. The van der Waals surface area contributed by atoms with Crippen molar-refractivity contribution < 1.29 is 0 Å². The second kappa shape index (κ2) is 7.62. The molecule has 0 spiro atoms. The van der Waals surface area contributed by atoms with Gasteiger partial charge in [-0.1, -0.05) is 66.9 Å². The Hall–Kier alpha value is -1.51. The van der Waals surface area contributed by atoms with Gasteiger partial charge in [0.05, 0.1) is 0 Å². The van der Waals surface area contributed by atoms with E-state index in [2.05, 4.69) is 80.7 Å². The number of aryl methyl sites for hydroxylation is 2.